The van der Waals surface area contributed by atoms with Gasteiger partial charge in [0.2, 0.25) is 0 Å². The molecule has 2 rings (SSSR count). The summed E-state index contributed by atoms with van der Waals surface area (Å²) in [7, 11) is 0. The Balaban J connectivity index is 2.50. The Hall–Kier alpha value is -1.55. The van der Waals surface area contributed by atoms with E-state index in [4.69, 9.17) is 0 Å². The summed E-state index contributed by atoms with van der Waals surface area (Å²) >= 11 is 1.42. The zero-order valence-corrected chi connectivity index (χ0v) is 9.34. The summed E-state index contributed by atoms with van der Waals surface area (Å²) < 4.78 is 0. The van der Waals surface area contributed by atoms with Crippen molar-refractivity contribution in [1.82, 2.24) is 9.97 Å². The van der Waals surface area contributed by atoms with Crippen molar-refractivity contribution in [2.45, 2.75) is 13.8 Å². The molecule has 0 saturated carbocycles. The van der Waals surface area contributed by atoms with E-state index in [2.05, 4.69) is 9.97 Å². The molecule has 0 spiro atoms. The van der Waals surface area contributed by atoms with Gasteiger partial charge in [0.25, 0.3) is 0 Å². The highest BCUT2D eigenvalue weighted by Gasteiger charge is 2.12. The first-order chi connectivity index (χ1) is 7.18. The van der Waals surface area contributed by atoms with Crippen LogP contribution >= 0.6 is 11.3 Å². The quantitative estimate of drug-likeness (QED) is 0.728. The Morgan fingerprint density at radius 1 is 1.40 bits per heavy atom. The van der Waals surface area contributed by atoms with E-state index in [0.717, 1.165) is 16.3 Å². The van der Waals surface area contributed by atoms with Crippen LogP contribution in [0.1, 0.15) is 21.6 Å². The zero-order valence-electron chi connectivity index (χ0n) is 8.52. The van der Waals surface area contributed by atoms with Crippen molar-refractivity contribution in [1.29, 1.82) is 0 Å². The molecule has 0 N–H and O–H groups in total. The number of carbonyl (C=O) groups is 1. The van der Waals surface area contributed by atoms with E-state index in [-0.39, 0.29) is 5.78 Å². The number of nitrogens with zero attached hydrogens (tertiary/aromatic N) is 2. The average molecular weight is 218 g/mol. The summed E-state index contributed by atoms with van der Waals surface area (Å²) in [5.41, 5.74) is 1.63. The molecule has 0 atom stereocenters. The molecule has 0 unspecified atom stereocenters. The van der Waals surface area contributed by atoms with Crippen molar-refractivity contribution < 1.29 is 4.79 Å². The molecule has 0 saturated heterocycles. The molecule has 76 valence electrons. The number of rotatable bonds is 2. The number of Topliss-reactive ketones (excluding diaryl/α,β-unsaturated/α-hetero) is 1. The molecule has 2 heterocycles. The van der Waals surface area contributed by atoms with E-state index < -0.39 is 0 Å². The fraction of sp³-hybridized carbons (Fsp3) is 0.182. The second kappa shape index (κ2) is 3.90. The van der Waals surface area contributed by atoms with Crippen molar-refractivity contribution >= 4 is 17.1 Å². The number of aryl methyl sites for hydroxylation is 1. The summed E-state index contributed by atoms with van der Waals surface area (Å²) in [4.78, 5) is 20.7. The molecule has 2 aromatic rings. The van der Waals surface area contributed by atoms with Gasteiger partial charge < -0.3 is 0 Å². The van der Waals surface area contributed by atoms with Gasteiger partial charge >= 0.3 is 0 Å². The molecule has 0 aromatic carbocycles. The molecule has 4 heteroatoms. The molecule has 0 aliphatic heterocycles. The van der Waals surface area contributed by atoms with Gasteiger partial charge in [-0.05, 0) is 19.1 Å². The van der Waals surface area contributed by atoms with Crippen LogP contribution in [0.25, 0.3) is 11.4 Å². The summed E-state index contributed by atoms with van der Waals surface area (Å²) in [5.74, 6) is 0.00489. The lowest BCUT2D eigenvalue weighted by Crippen LogP contribution is -1.90. The van der Waals surface area contributed by atoms with Crippen LogP contribution in [0.4, 0.5) is 0 Å². The van der Waals surface area contributed by atoms with Crippen molar-refractivity contribution in [2.24, 2.45) is 0 Å². The smallest absolute Gasteiger partial charge is 0.188 e. The summed E-state index contributed by atoms with van der Waals surface area (Å²) in [6, 6.07) is 5.66. The monoisotopic (exact) mass is 218 g/mol. The van der Waals surface area contributed by atoms with Crippen LogP contribution in [0.15, 0.2) is 24.4 Å². The number of aromatic nitrogens is 2. The van der Waals surface area contributed by atoms with Crippen molar-refractivity contribution in [3.8, 4) is 11.4 Å². The third-order valence-corrected chi connectivity index (χ3v) is 3.08. The molecular weight excluding hydrogens is 208 g/mol. The molecule has 0 bridgehead atoms. The first kappa shape index (κ1) is 9.98. The van der Waals surface area contributed by atoms with E-state index >= 15 is 0 Å². The maximum Gasteiger partial charge on any atom is 0.188 e. The Bertz CT molecular complexity index is 491. The number of hydrogen-bond donors (Lipinski definition) is 0. The van der Waals surface area contributed by atoms with Crippen LogP contribution < -0.4 is 0 Å². The van der Waals surface area contributed by atoms with Crippen LogP contribution in [-0.4, -0.2) is 15.8 Å². The second-order valence-corrected chi connectivity index (χ2v) is 4.40. The zero-order chi connectivity index (χ0) is 10.8. The highest BCUT2D eigenvalue weighted by molar-refractivity contribution is 7.14. The third kappa shape index (κ3) is 1.94. The lowest BCUT2D eigenvalue weighted by atomic mass is 10.2. The van der Waals surface area contributed by atoms with Crippen molar-refractivity contribution in [2.75, 3.05) is 0 Å². The molecule has 0 aliphatic carbocycles. The third-order valence-electron chi connectivity index (χ3n) is 2.01. The average Bonchev–Trinajstić information content (AvgIpc) is 2.62. The largest absolute Gasteiger partial charge is 0.292 e. The van der Waals surface area contributed by atoms with E-state index in [1.807, 2.05) is 25.1 Å². The number of pyridine rings is 1. The Morgan fingerprint density at radius 2 is 2.20 bits per heavy atom. The topological polar surface area (TPSA) is 42.9 Å². The highest BCUT2D eigenvalue weighted by atomic mass is 32.1. The Morgan fingerprint density at radius 3 is 2.73 bits per heavy atom. The molecular formula is C11H10N2OS. The van der Waals surface area contributed by atoms with Gasteiger partial charge in [-0.2, -0.15) is 0 Å². The molecule has 0 radical (unpaired) electrons. The SMILES string of the molecule is CC(=O)c1nc(-c2ccccn2)c(C)s1. The fourth-order valence-corrected chi connectivity index (χ4v) is 2.11. The van der Waals surface area contributed by atoms with E-state index in [1.165, 1.54) is 18.3 Å². The molecule has 0 fully saturated rings. The molecule has 3 nitrogen and oxygen atoms in total. The molecule has 15 heavy (non-hydrogen) atoms. The Kier molecular flexibility index (Phi) is 2.60. The van der Waals surface area contributed by atoms with Gasteiger partial charge in [0.1, 0.15) is 5.69 Å². The number of thiazole rings is 1. The van der Waals surface area contributed by atoms with Crippen molar-refractivity contribution in [3.05, 3.63) is 34.3 Å². The van der Waals surface area contributed by atoms with Crippen molar-refractivity contribution in [3.63, 3.8) is 0 Å². The standard InChI is InChI=1S/C11H10N2OS/c1-7(14)11-13-10(8(2)15-11)9-5-3-4-6-12-9/h3-6H,1-2H3. The highest BCUT2D eigenvalue weighted by Crippen LogP contribution is 2.25. The van der Waals surface area contributed by atoms with Gasteiger partial charge in [-0.15, -0.1) is 11.3 Å². The maximum absolute atomic E-state index is 11.2. The van der Waals surface area contributed by atoms with Crippen LogP contribution in [0.5, 0.6) is 0 Å². The maximum atomic E-state index is 11.2. The summed E-state index contributed by atoms with van der Waals surface area (Å²) in [5, 5.41) is 0.549. The van der Waals surface area contributed by atoms with Crippen LogP contribution in [0.2, 0.25) is 0 Å². The van der Waals surface area contributed by atoms with Gasteiger partial charge in [-0.1, -0.05) is 6.07 Å². The van der Waals surface area contributed by atoms with Gasteiger partial charge in [0, 0.05) is 18.0 Å². The molecule has 0 aliphatic rings. The Labute approximate surface area is 91.8 Å². The second-order valence-electron chi connectivity index (χ2n) is 3.19. The lowest BCUT2D eigenvalue weighted by molar-refractivity contribution is 0.101. The van der Waals surface area contributed by atoms with Crippen LogP contribution in [0.3, 0.4) is 0 Å². The predicted molar refractivity (Wildman–Crippen MR) is 60.1 cm³/mol. The van der Waals surface area contributed by atoms with Gasteiger partial charge in [0.15, 0.2) is 10.8 Å². The minimum Gasteiger partial charge on any atom is -0.292 e. The van der Waals surface area contributed by atoms with Gasteiger partial charge in [-0.25, -0.2) is 4.98 Å². The van der Waals surface area contributed by atoms with Crippen LogP contribution in [0, 0.1) is 6.92 Å². The van der Waals surface area contributed by atoms with E-state index in [0.29, 0.717) is 5.01 Å². The summed E-state index contributed by atoms with van der Waals surface area (Å²) in [6.07, 6.45) is 1.72. The molecule has 0 amide bonds. The number of carbonyl (C=O) groups excluding carboxylic acids is 1. The van der Waals surface area contributed by atoms with Gasteiger partial charge in [0.05, 0.1) is 5.69 Å². The van der Waals surface area contributed by atoms with E-state index in [9.17, 15) is 4.79 Å². The fourth-order valence-electron chi connectivity index (χ4n) is 1.29. The first-order valence-electron chi connectivity index (χ1n) is 4.58. The number of hydrogen-bond acceptors (Lipinski definition) is 4. The summed E-state index contributed by atoms with van der Waals surface area (Å²) in [6.45, 7) is 3.48. The molecule has 2 aromatic heterocycles. The normalized spacial score (nSPS) is 10.3. The minimum absolute atomic E-state index is 0.00489. The minimum atomic E-state index is 0.00489. The predicted octanol–water partition coefficient (Wildman–Crippen LogP) is 2.72. The van der Waals surface area contributed by atoms with Crippen LogP contribution in [-0.2, 0) is 0 Å². The lowest BCUT2D eigenvalue weighted by Gasteiger charge is -1.95. The first-order valence-corrected chi connectivity index (χ1v) is 5.40. The van der Waals surface area contributed by atoms with Gasteiger partial charge in [-0.3, -0.25) is 9.78 Å². The number of ketones is 1. The van der Waals surface area contributed by atoms with E-state index in [1.54, 1.807) is 6.20 Å².